The van der Waals surface area contributed by atoms with Crippen LogP contribution in [0.3, 0.4) is 0 Å². The summed E-state index contributed by atoms with van der Waals surface area (Å²) in [6.45, 7) is 3.17. The molecule has 0 heterocycles. The normalized spacial score (nSPS) is 13.6. The van der Waals surface area contributed by atoms with Gasteiger partial charge in [-0.1, -0.05) is 30.9 Å². The fourth-order valence-electron chi connectivity index (χ4n) is 1.77. The highest BCUT2D eigenvalue weighted by molar-refractivity contribution is 7.90. The predicted octanol–water partition coefficient (Wildman–Crippen LogP) is 1.31. The summed E-state index contributed by atoms with van der Waals surface area (Å²) in [6, 6.07) is 8.40. The average Bonchev–Trinajstić information content (AvgIpc) is 2.46. The van der Waals surface area contributed by atoms with E-state index in [1.807, 2.05) is 0 Å². The van der Waals surface area contributed by atoms with Crippen molar-refractivity contribution in [1.82, 2.24) is 4.72 Å². The van der Waals surface area contributed by atoms with E-state index in [9.17, 15) is 8.42 Å². The Balaban J connectivity index is 2.85. The first-order valence-corrected chi connectivity index (χ1v) is 8.09. The van der Waals surface area contributed by atoms with Crippen LogP contribution in [0.1, 0.15) is 37.4 Å². The maximum absolute atomic E-state index is 12.0. The Morgan fingerprint density at radius 3 is 2.43 bits per heavy atom. The Morgan fingerprint density at radius 2 is 1.95 bits per heavy atom. The van der Waals surface area contributed by atoms with E-state index in [2.05, 4.69) is 16.6 Å². The Morgan fingerprint density at radius 1 is 1.33 bits per heavy atom. The Bertz CT molecular complexity index is 664. The highest BCUT2D eigenvalue weighted by atomic mass is 32.2. The monoisotopic (exact) mass is 306 g/mol. The third-order valence-electron chi connectivity index (χ3n) is 2.95. The number of rotatable bonds is 5. The molecule has 2 atom stereocenters. The summed E-state index contributed by atoms with van der Waals surface area (Å²) in [5, 5.41) is 16.4. The van der Waals surface area contributed by atoms with Crippen molar-refractivity contribution < 1.29 is 13.5 Å². The van der Waals surface area contributed by atoms with Crippen molar-refractivity contribution in [2.24, 2.45) is 0 Å². The van der Waals surface area contributed by atoms with E-state index in [0.29, 0.717) is 0 Å². The molecule has 1 rings (SSSR count). The molecule has 0 bridgehead atoms. The number of aliphatic hydroxyl groups excluding tert-OH is 1. The van der Waals surface area contributed by atoms with Crippen LogP contribution in [0.5, 0.6) is 0 Å². The molecule has 112 valence electrons. The fourth-order valence-corrected chi connectivity index (χ4v) is 3.14. The minimum atomic E-state index is -3.67. The van der Waals surface area contributed by atoms with E-state index in [1.54, 1.807) is 44.2 Å². The molecular formula is C15H18N2O3S. The van der Waals surface area contributed by atoms with Gasteiger partial charge >= 0.3 is 0 Å². The highest BCUT2D eigenvalue weighted by Crippen LogP contribution is 2.16. The SMILES string of the molecule is CCC(C#N)S(=O)(=O)NC(C)c1ccc(C#CCO)cc1. The lowest BCUT2D eigenvalue weighted by molar-refractivity contribution is 0.350. The third-order valence-corrected chi connectivity index (χ3v) is 4.82. The van der Waals surface area contributed by atoms with Crippen LogP contribution in [0.25, 0.3) is 0 Å². The molecular weight excluding hydrogens is 288 g/mol. The van der Waals surface area contributed by atoms with Gasteiger partial charge in [-0.15, -0.1) is 0 Å². The second kappa shape index (κ2) is 7.80. The summed E-state index contributed by atoms with van der Waals surface area (Å²) < 4.78 is 26.5. The quantitative estimate of drug-likeness (QED) is 0.803. The predicted molar refractivity (Wildman–Crippen MR) is 80.6 cm³/mol. The maximum atomic E-state index is 12.0. The van der Waals surface area contributed by atoms with Crippen LogP contribution < -0.4 is 4.72 Å². The van der Waals surface area contributed by atoms with Crippen molar-refractivity contribution in [3.63, 3.8) is 0 Å². The van der Waals surface area contributed by atoms with Crippen molar-refractivity contribution >= 4 is 10.0 Å². The molecule has 0 aliphatic heterocycles. The number of hydrogen-bond donors (Lipinski definition) is 2. The summed E-state index contributed by atoms with van der Waals surface area (Å²) in [5.74, 6) is 5.30. The fraction of sp³-hybridized carbons (Fsp3) is 0.400. The molecule has 0 amide bonds. The highest BCUT2D eigenvalue weighted by Gasteiger charge is 2.25. The summed E-state index contributed by atoms with van der Waals surface area (Å²) >= 11 is 0. The summed E-state index contributed by atoms with van der Waals surface area (Å²) in [5.41, 5.74) is 1.52. The van der Waals surface area contributed by atoms with Crippen molar-refractivity contribution in [3.05, 3.63) is 35.4 Å². The van der Waals surface area contributed by atoms with Crippen LogP contribution in [-0.4, -0.2) is 25.4 Å². The molecule has 2 N–H and O–H groups in total. The number of sulfonamides is 1. The van der Waals surface area contributed by atoms with Crippen molar-refractivity contribution in [2.75, 3.05) is 6.61 Å². The topological polar surface area (TPSA) is 90.2 Å². The lowest BCUT2D eigenvalue weighted by Gasteiger charge is -2.16. The second-order valence-corrected chi connectivity index (χ2v) is 6.39. The molecule has 0 saturated heterocycles. The van der Waals surface area contributed by atoms with Gasteiger partial charge in [0.1, 0.15) is 6.61 Å². The molecule has 0 radical (unpaired) electrons. The second-order valence-electron chi connectivity index (χ2n) is 4.49. The lowest BCUT2D eigenvalue weighted by Crippen LogP contribution is -2.34. The average molecular weight is 306 g/mol. The van der Waals surface area contributed by atoms with Gasteiger partial charge in [0.25, 0.3) is 0 Å². The number of nitrogens with zero attached hydrogens (tertiary/aromatic N) is 1. The molecule has 0 spiro atoms. The molecule has 1 aromatic carbocycles. The largest absolute Gasteiger partial charge is 0.384 e. The Labute approximate surface area is 125 Å². The summed E-state index contributed by atoms with van der Waals surface area (Å²) in [6.07, 6.45) is 0.244. The number of aliphatic hydroxyl groups is 1. The van der Waals surface area contributed by atoms with Gasteiger partial charge in [-0.2, -0.15) is 5.26 Å². The van der Waals surface area contributed by atoms with Gasteiger partial charge in [0, 0.05) is 11.6 Å². The molecule has 0 aromatic heterocycles. The zero-order chi connectivity index (χ0) is 15.9. The third kappa shape index (κ3) is 4.87. The lowest BCUT2D eigenvalue weighted by atomic mass is 10.1. The van der Waals surface area contributed by atoms with Gasteiger partial charge in [0.2, 0.25) is 10.0 Å². The van der Waals surface area contributed by atoms with Crippen LogP contribution in [0.2, 0.25) is 0 Å². The van der Waals surface area contributed by atoms with E-state index < -0.39 is 21.3 Å². The standard InChI is InChI=1S/C15H18N2O3S/c1-3-15(11-16)21(19,20)17-12(2)14-8-6-13(7-9-14)5-4-10-18/h6-9,12,15,17-18H,3,10H2,1-2H3. The molecule has 0 aliphatic rings. The van der Waals surface area contributed by atoms with Crippen molar-refractivity contribution in [1.29, 1.82) is 5.26 Å². The smallest absolute Gasteiger partial charge is 0.228 e. The van der Waals surface area contributed by atoms with Gasteiger partial charge in [0.05, 0.1) is 6.07 Å². The maximum Gasteiger partial charge on any atom is 0.228 e. The number of nitrogens with one attached hydrogen (secondary N) is 1. The minimum Gasteiger partial charge on any atom is -0.384 e. The van der Waals surface area contributed by atoms with E-state index in [-0.39, 0.29) is 13.0 Å². The van der Waals surface area contributed by atoms with Crippen molar-refractivity contribution in [3.8, 4) is 17.9 Å². The van der Waals surface area contributed by atoms with Crippen LogP contribution in [0.4, 0.5) is 0 Å². The Hall–Kier alpha value is -1.86. The zero-order valence-corrected chi connectivity index (χ0v) is 12.8. The zero-order valence-electron chi connectivity index (χ0n) is 12.0. The molecule has 0 saturated carbocycles. The summed E-state index contributed by atoms with van der Waals surface area (Å²) in [4.78, 5) is 0. The number of nitriles is 1. The van der Waals surface area contributed by atoms with E-state index in [1.165, 1.54) is 0 Å². The first kappa shape index (κ1) is 17.2. The molecule has 0 aliphatic carbocycles. The molecule has 6 heteroatoms. The molecule has 1 aromatic rings. The van der Waals surface area contributed by atoms with Gasteiger partial charge in [-0.3, -0.25) is 0 Å². The molecule has 2 unspecified atom stereocenters. The number of hydrogen-bond acceptors (Lipinski definition) is 4. The molecule has 21 heavy (non-hydrogen) atoms. The van der Waals surface area contributed by atoms with E-state index in [4.69, 9.17) is 10.4 Å². The molecule has 0 fully saturated rings. The summed E-state index contributed by atoms with van der Waals surface area (Å²) in [7, 11) is -3.67. The van der Waals surface area contributed by atoms with Crippen LogP contribution in [-0.2, 0) is 10.0 Å². The minimum absolute atomic E-state index is 0.204. The van der Waals surface area contributed by atoms with Gasteiger partial charge in [-0.05, 0) is 31.0 Å². The van der Waals surface area contributed by atoms with Gasteiger partial charge in [0.15, 0.2) is 5.25 Å². The number of benzene rings is 1. The van der Waals surface area contributed by atoms with Crippen LogP contribution >= 0.6 is 0 Å². The first-order chi connectivity index (χ1) is 9.94. The van der Waals surface area contributed by atoms with Gasteiger partial charge in [-0.25, -0.2) is 13.1 Å². The van der Waals surface area contributed by atoms with E-state index >= 15 is 0 Å². The molecule has 5 nitrogen and oxygen atoms in total. The van der Waals surface area contributed by atoms with E-state index in [0.717, 1.165) is 11.1 Å². The van der Waals surface area contributed by atoms with Crippen molar-refractivity contribution in [2.45, 2.75) is 31.6 Å². The van der Waals surface area contributed by atoms with Crippen LogP contribution in [0.15, 0.2) is 24.3 Å². The Kier molecular flexibility index (Phi) is 6.39. The first-order valence-electron chi connectivity index (χ1n) is 6.55. The van der Waals surface area contributed by atoms with Crippen LogP contribution in [0, 0.1) is 23.2 Å². The van der Waals surface area contributed by atoms with Gasteiger partial charge < -0.3 is 5.11 Å².